The Balaban J connectivity index is 1.85. The van der Waals surface area contributed by atoms with E-state index in [0.717, 1.165) is 5.69 Å². The monoisotopic (exact) mass is 412 g/mol. The number of para-hydroxylation sites is 1. The summed E-state index contributed by atoms with van der Waals surface area (Å²) < 4.78 is 8.82. The van der Waals surface area contributed by atoms with Gasteiger partial charge in [-0.15, -0.1) is 0 Å². The zero-order valence-corrected chi connectivity index (χ0v) is 16.8. The summed E-state index contributed by atoms with van der Waals surface area (Å²) in [4.78, 5) is 17.2. The van der Waals surface area contributed by atoms with E-state index in [9.17, 15) is 4.79 Å². The van der Waals surface area contributed by atoms with Crippen molar-refractivity contribution in [2.24, 2.45) is 10.7 Å². The molecule has 2 heterocycles. The molecule has 8 nitrogen and oxygen atoms in total. The highest BCUT2D eigenvalue weighted by molar-refractivity contribution is 6.08. The quantitative estimate of drug-likeness (QED) is 0.491. The molecule has 0 atom stereocenters. The average molecular weight is 412 g/mol. The third kappa shape index (κ3) is 4.27. The van der Waals surface area contributed by atoms with Gasteiger partial charge >= 0.3 is 0 Å². The topological polar surface area (TPSA) is 100 Å². The molecule has 0 bridgehead atoms. The molecular formula is C23H20N6O2. The van der Waals surface area contributed by atoms with E-state index in [1.165, 1.54) is 12.3 Å². The standard InChI is InChI=1S/C23H20N6O2/c1-31-22-9-8-18(28-14-5-13-25-28)16-20(22)29-15-11-21(30)23(27-29)19(10-12-24)26-17-6-3-2-4-7-17/h2-16H,24H2,1H3. The first-order valence-corrected chi connectivity index (χ1v) is 9.50. The number of nitrogens with zero attached hydrogens (tertiary/aromatic N) is 5. The minimum Gasteiger partial charge on any atom is -0.494 e. The van der Waals surface area contributed by atoms with Crippen LogP contribution in [0.2, 0.25) is 0 Å². The van der Waals surface area contributed by atoms with Crippen LogP contribution in [0.1, 0.15) is 5.69 Å². The van der Waals surface area contributed by atoms with E-state index in [1.807, 2.05) is 60.8 Å². The highest BCUT2D eigenvalue weighted by Crippen LogP contribution is 2.25. The molecule has 0 amide bonds. The summed E-state index contributed by atoms with van der Waals surface area (Å²) in [6.45, 7) is 0. The highest BCUT2D eigenvalue weighted by atomic mass is 16.5. The number of aromatic nitrogens is 4. The van der Waals surface area contributed by atoms with Crippen molar-refractivity contribution in [2.45, 2.75) is 0 Å². The van der Waals surface area contributed by atoms with E-state index in [-0.39, 0.29) is 11.1 Å². The summed E-state index contributed by atoms with van der Waals surface area (Å²) in [6.07, 6.45) is 8.01. The van der Waals surface area contributed by atoms with Crippen LogP contribution in [0.25, 0.3) is 11.4 Å². The molecule has 0 aliphatic rings. The largest absolute Gasteiger partial charge is 0.494 e. The molecule has 0 saturated heterocycles. The maximum absolute atomic E-state index is 12.6. The molecule has 0 aliphatic heterocycles. The van der Waals surface area contributed by atoms with Crippen molar-refractivity contribution in [3.63, 3.8) is 0 Å². The maximum Gasteiger partial charge on any atom is 0.209 e. The van der Waals surface area contributed by atoms with Gasteiger partial charge in [0.25, 0.3) is 0 Å². The van der Waals surface area contributed by atoms with Crippen LogP contribution in [0.4, 0.5) is 5.69 Å². The third-order valence-electron chi connectivity index (χ3n) is 4.49. The summed E-state index contributed by atoms with van der Waals surface area (Å²) in [5.41, 5.74) is 8.02. The molecule has 0 spiro atoms. The fraction of sp³-hybridized carbons (Fsp3) is 0.0435. The van der Waals surface area contributed by atoms with Gasteiger partial charge in [-0.1, -0.05) is 18.2 Å². The van der Waals surface area contributed by atoms with Crippen LogP contribution < -0.4 is 15.9 Å². The predicted molar refractivity (Wildman–Crippen MR) is 119 cm³/mol. The molecule has 4 rings (SSSR count). The summed E-state index contributed by atoms with van der Waals surface area (Å²) in [7, 11) is 1.58. The number of nitrogens with two attached hydrogens (primary N) is 1. The number of hydrogen-bond acceptors (Lipinski definition) is 6. The summed E-state index contributed by atoms with van der Waals surface area (Å²) in [5, 5.41) is 8.81. The van der Waals surface area contributed by atoms with Gasteiger partial charge in [-0.2, -0.15) is 10.2 Å². The lowest BCUT2D eigenvalue weighted by Crippen LogP contribution is -2.20. The first-order valence-electron chi connectivity index (χ1n) is 9.50. The lowest BCUT2D eigenvalue weighted by Gasteiger charge is -2.13. The minimum absolute atomic E-state index is 0.166. The lowest BCUT2D eigenvalue weighted by atomic mass is 10.2. The second-order valence-electron chi connectivity index (χ2n) is 6.47. The molecule has 2 N–H and O–H groups in total. The van der Waals surface area contributed by atoms with Gasteiger partial charge in [0, 0.05) is 24.7 Å². The average Bonchev–Trinajstić information content (AvgIpc) is 3.34. The van der Waals surface area contributed by atoms with E-state index in [4.69, 9.17) is 10.5 Å². The SMILES string of the molecule is COc1ccc(-n2cccn2)cc1-n1ccc(=O)c(C(C=CN)=Nc2ccccc2)n1. The third-order valence-corrected chi connectivity index (χ3v) is 4.49. The van der Waals surface area contributed by atoms with Gasteiger partial charge in [0.05, 0.1) is 24.2 Å². The molecule has 0 saturated carbocycles. The molecule has 4 aromatic rings. The van der Waals surface area contributed by atoms with Crippen molar-refractivity contribution < 1.29 is 4.74 Å². The van der Waals surface area contributed by atoms with Gasteiger partial charge in [-0.3, -0.25) is 4.79 Å². The van der Waals surface area contributed by atoms with Gasteiger partial charge in [0.15, 0.2) is 5.69 Å². The molecule has 0 radical (unpaired) electrons. The van der Waals surface area contributed by atoms with E-state index < -0.39 is 0 Å². The second kappa shape index (κ2) is 8.91. The van der Waals surface area contributed by atoms with Crippen molar-refractivity contribution in [2.75, 3.05) is 7.11 Å². The van der Waals surface area contributed by atoms with Crippen molar-refractivity contribution in [1.29, 1.82) is 0 Å². The van der Waals surface area contributed by atoms with E-state index in [1.54, 1.807) is 34.9 Å². The van der Waals surface area contributed by atoms with Crippen molar-refractivity contribution in [3.8, 4) is 17.1 Å². The Hall–Kier alpha value is -4.46. The Bertz CT molecular complexity index is 1290. The number of ether oxygens (including phenoxy) is 1. The molecule has 0 unspecified atom stereocenters. The number of methoxy groups -OCH3 is 1. The molecule has 31 heavy (non-hydrogen) atoms. The van der Waals surface area contributed by atoms with Crippen LogP contribution in [0, 0.1) is 0 Å². The zero-order valence-electron chi connectivity index (χ0n) is 16.8. The fourth-order valence-corrected chi connectivity index (χ4v) is 3.04. The normalized spacial score (nSPS) is 11.7. The number of hydrogen-bond donors (Lipinski definition) is 1. The fourth-order valence-electron chi connectivity index (χ4n) is 3.04. The smallest absolute Gasteiger partial charge is 0.209 e. The first-order chi connectivity index (χ1) is 15.2. The maximum atomic E-state index is 12.6. The molecule has 2 aromatic carbocycles. The predicted octanol–water partition coefficient (Wildman–Crippen LogP) is 3.02. The van der Waals surface area contributed by atoms with Gasteiger partial charge in [-0.05, 0) is 48.7 Å². The second-order valence-corrected chi connectivity index (χ2v) is 6.47. The Morgan fingerprint density at radius 2 is 1.90 bits per heavy atom. The van der Waals surface area contributed by atoms with Gasteiger partial charge in [-0.25, -0.2) is 14.4 Å². The molecule has 154 valence electrons. The molecule has 0 fully saturated rings. The van der Waals surface area contributed by atoms with Crippen LogP contribution in [-0.2, 0) is 0 Å². The van der Waals surface area contributed by atoms with Crippen LogP contribution in [0.3, 0.4) is 0 Å². The lowest BCUT2D eigenvalue weighted by molar-refractivity contribution is 0.411. The zero-order chi connectivity index (χ0) is 21.6. The Kier molecular flexibility index (Phi) is 5.70. The first kappa shape index (κ1) is 19.8. The van der Waals surface area contributed by atoms with E-state index >= 15 is 0 Å². The number of rotatable bonds is 6. The number of aliphatic imine (C=N–C) groups is 1. The summed E-state index contributed by atoms with van der Waals surface area (Å²) >= 11 is 0. The highest BCUT2D eigenvalue weighted by Gasteiger charge is 2.13. The molecule has 2 aromatic heterocycles. The van der Waals surface area contributed by atoms with Crippen molar-refractivity contribution in [1.82, 2.24) is 19.6 Å². The van der Waals surface area contributed by atoms with Crippen LogP contribution >= 0.6 is 0 Å². The van der Waals surface area contributed by atoms with Crippen LogP contribution in [0.15, 0.2) is 101 Å². The Morgan fingerprint density at radius 1 is 1.06 bits per heavy atom. The van der Waals surface area contributed by atoms with Gasteiger partial charge < -0.3 is 10.5 Å². The van der Waals surface area contributed by atoms with Crippen LogP contribution in [-0.4, -0.2) is 32.4 Å². The van der Waals surface area contributed by atoms with Gasteiger partial charge in [0.1, 0.15) is 11.4 Å². The summed E-state index contributed by atoms with van der Waals surface area (Å²) in [5.74, 6) is 0.592. The number of benzene rings is 2. The van der Waals surface area contributed by atoms with Crippen LogP contribution in [0.5, 0.6) is 5.75 Å². The van der Waals surface area contributed by atoms with Crippen molar-refractivity contribution in [3.05, 3.63) is 107 Å². The number of allylic oxidation sites excluding steroid dienone is 1. The molecular weight excluding hydrogens is 392 g/mol. The van der Waals surface area contributed by atoms with E-state index in [0.29, 0.717) is 22.8 Å². The molecule has 0 aliphatic carbocycles. The van der Waals surface area contributed by atoms with Gasteiger partial charge in [0.2, 0.25) is 5.43 Å². The van der Waals surface area contributed by atoms with Crippen molar-refractivity contribution >= 4 is 11.4 Å². The van der Waals surface area contributed by atoms with E-state index in [2.05, 4.69) is 15.2 Å². The minimum atomic E-state index is -0.272. The Labute approximate surface area is 178 Å². The summed E-state index contributed by atoms with van der Waals surface area (Å²) in [6, 6.07) is 18.2. The Morgan fingerprint density at radius 3 is 2.61 bits per heavy atom. The molecule has 8 heteroatoms.